The van der Waals surface area contributed by atoms with Gasteiger partial charge >= 0.3 is 0 Å². The standard InChI is InChI=1S/C14H18N4O2S/c1-4-20-12-7-10(5-6-11(12)19)8-15-18-13(9(2)3)16-17-14(18)21/h5-9,19H,4H2,1-3H3,(H,17,21)/b15-8+. The number of ether oxygens (including phenoxy) is 1. The van der Waals surface area contributed by atoms with E-state index in [4.69, 9.17) is 17.0 Å². The molecule has 2 aromatic rings. The van der Waals surface area contributed by atoms with Gasteiger partial charge in [-0.3, -0.25) is 5.10 Å². The second-order valence-electron chi connectivity index (χ2n) is 4.76. The largest absolute Gasteiger partial charge is 0.504 e. The molecule has 0 saturated carbocycles. The van der Waals surface area contributed by atoms with Crippen LogP contribution in [0, 0.1) is 4.77 Å². The first-order valence-corrected chi connectivity index (χ1v) is 7.11. The Balaban J connectivity index is 2.32. The maximum atomic E-state index is 9.67. The molecule has 7 heteroatoms. The lowest BCUT2D eigenvalue weighted by Gasteiger charge is -2.06. The van der Waals surface area contributed by atoms with Crippen molar-refractivity contribution in [3.63, 3.8) is 0 Å². The highest BCUT2D eigenvalue weighted by molar-refractivity contribution is 7.71. The van der Waals surface area contributed by atoms with Gasteiger partial charge in [0.05, 0.1) is 12.8 Å². The highest BCUT2D eigenvalue weighted by Gasteiger charge is 2.09. The molecule has 21 heavy (non-hydrogen) atoms. The van der Waals surface area contributed by atoms with Gasteiger partial charge in [0.25, 0.3) is 0 Å². The molecular formula is C14H18N4O2S. The van der Waals surface area contributed by atoms with E-state index in [1.807, 2.05) is 20.8 Å². The molecule has 0 spiro atoms. The molecule has 0 unspecified atom stereocenters. The van der Waals surface area contributed by atoms with Crippen molar-refractivity contribution >= 4 is 18.4 Å². The summed E-state index contributed by atoms with van der Waals surface area (Å²) in [5, 5.41) is 20.9. The molecule has 0 aliphatic carbocycles. The molecule has 0 bridgehead atoms. The molecule has 112 valence electrons. The van der Waals surface area contributed by atoms with E-state index in [1.54, 1.807) is 29.1 Å². The van der Waals surface area contributed by atoms with Crippen LogP contribution < -0.4 is 4.74 Å². The first-order valence-electron chi connectivity index (χ1n) is 6.70. The van der Waals surface area contributed by atoms with Crippen molar-refractivity contribution in [3.05, 3.63) is 34.4 Å². The first kappa shape index (κ1) is 15.2. The van der Waals surface area contributed by atoms with Gasteiger partial charge in [-0.25, -0.2) is 0 Å². The zero-order valence-corrected chi connectivity index (χ0v) is 13.0. The van der Waals surface area contributed by atoms with Crippen molar-refractivity contribution in [1.29, 1.82) is 0 Å². The quantitative estimate of drug-likeness (QED) is 0.657. The van der Waals surface area contributed by atoms with Gasteiger partial charge in [-0.15, -0.1) is 0 Å². The van der Waals surface area contributed by atoms with E-state index in [1.165, 1.54) is 0 Å². The molecular weight excluding hydrogens is 288 g/mol. The number of aromatic hydroxyl groups is 1. The fourth-order valence-electron chi connectivity index (χ4n) is 1.80. The molecule has 0 saturated heterocycles. The summed E-state index contributed by atoms with van der Waals surface area (Å²) in [7, 11) is 0. The number of phenolic OH excluding ortho intramolecular Hbond substituents is 1. The second kappa shape index (κ2) is 6.53. The number of phenols is 1. The summed E-state index contributed by atoms with van der Waals surface area (Å²) >= 11 is 5.16. The summed E-state index contributed by atoms with van der Waals surface area (Å²) in [5.41, 5.74) is 0.800. The maximum absolute atomic E-state index is 9.67. The molecule has 1 heterocycles. The number of nitrogens with zero attached hydrogens (tertiary/aromatic N) is 3. The van der Waals surface area contributed by atoms with Gasteiger partial charge in [0.15, 0.2) is 17.3 Å². The van der Waals surface area contributed by atoms with E-state index in [-0.39, 0.29) is 11.7 Å². The van der Waals surface area contributed by atoms with Gasteiger partial charge in [-0.05, 0) is 42.9 Å². The van der Waals surface area contributed by atoms with E-state index < -0.39 is 0 Å². The Morgan fingerprint density at radius 1 is 1.52 bits per heavy atom. The van der Waals surface area contributed by atoms with Crippen molar-refractivity contribution in [1.82, 2.24) is 14.9 Å². The summed E-state index contributed by atoms with van der Waals surface area (Å²) in [4.78, 5) is 0. The molecule has 6 nitrogen and oxygen atoms in total. The normalized spacial score (nSPS) is 11.4. The fourth-order valence-corrected chi connectivity index (χ4v) is 1.98. The number of aromatic nitrogens is 3. The monoisotopic (exact) mass is 306 g/mol. The zero-order chi connectivity index (χ0) is 15.4. The van der Waals surface area contributed by atoms with Crippen LogP contribution in [0.25, 0.3) is 0 Å². The number of hydrogen-bond donors (Lipinski definition) is 2. The third-order valence-corrected chi connectivity index (χ3v) is 3.06. The minimum atomic E-state index is 0.108. The number of hydrogen-bond acceptors (Lipinski definition) is 5. The fraction of sp³-hybridized carbons (Fsp3) is 0.357. The maximum Gasteiger partial charge on any atom is 0.216 e. The summed E-state index contributed by atoms with van der Waals surface area (Å²) < 4.78 is 7.38. The van der Waals surface area contributed by atoms with Crippen LogP contribution >= 0.6 is 12.2 Å². The highest BCUT2D eigenvalue weighted by atomic mass is 32.1. The third kappa shape index (κ3) is 3.49. The molecule has 0 amide bonds. The summed E-state index contributed by atoms with van der Waals surface area (Å²) in [6.45, 7) is 6.38. The van der Waals surface area contributed by atoms with Crippen LogP contribution in [-0.2, 0) is 0 Å². The van der Waals surface area contributed by atoms with Crippen molar-refractivity contribution in [3.8, 4) is 11.5 Å². The van der Waals surface area contributed by atoms with Gasteiger partial charge in [-0.1, -0.05) is 13.8 Å². The number of benzene rings is 1. The molecule has 0 aliphatic heterocycles. The Labute approximate surface area is 128 Å². The van der Waals surface area contributed by atoms with Crippen LogP contribution in [0.1, 0.15) is 38.1 Å². The topological polar surface area (TPSA) is 75.4 Å². The third-order valence-electron chi connectivity index (χ3n) is 2.80. The van der Waals surface area contributed by atoms with Gasteiger partial charge < -0.3 is 9.84 Å². The average Bonchev–Trinajstić information content (AvgIpc) is 2.81. The smallest absolute Gasteiger partial charge is 0.216 e. The second-order valence-corrected chi connectivity index (χ2v) is 5.14. The van der Waals surface area contributed by atoms with Gasteiger partial charge in [0.2, 0.25) is 4.77 Å². The Morgan fingerprint density at radius 3 is 2.95 bits per heavy atom. The molecule has 1 aromatic heterocycles. The summed E-state index contributed by atoms with van der Waals surface area (Å²) in [5.74, 6) is 1.51. The Morgan fingerprint density at radius 2 is 2.29 bits per heavy atom. The van der Waals surface area contributed by atoms with Crippen molar-refractivity contribution in [2.45, 2.75) is 26.7 Å². The number of aromatic amines is 1. The van der Waals surface area contributed by atoms with Crippen LogP contribution in [0.4, 0.5) is 0 Å². The van der Waals surface area contributed by atoms with Crippen molar-refractivity contribution in [2.75, 3.05) is 6.61 Å². The Hall–Kier alpha value is -2.15. The number of nitrogens with one attached hydrogen (secondary N) is 1. The van der Waals surface area contributed by atoms with Crippen LogP contribution in [-0.4, -0.2) is 32.8 Å². The highest BCUT2D eigenvalue weighted by Crippen LogP contribution is 2.26. The zero-order valence-electron chi connectivity index (χ0n) is 12.2. The predicted molar refractivity (Wildman–Crippen MR) is 83.8 cm³/mol. The lowest BCUT2D eigenvalue weighted by Crippen LogP contribution is -2.01. The summed E-state index contributed by atoms with van der Waals surface area (Å²) in [6.07, 6.45) is 1.65. The molecule has 2 N–H and O–H groups in total. The molecule has 0 fully saturated rings. The van der Waals surface area contributed by atoms with E-state index in [0.717, 1.165) is 11.4 Å². The SMILES string of the molecule is CCOc1cc(/C=N/n2c(C(C)C)n[nH]c2=S)ccc1O. The van der Waals surface area contributed by atoms with Crippen LogP contribution in [0.3, 0.4) is 0 Å². The summed E-state index contributed by atoms with van der Waals surface area (Å²) in [6, 6.07) is 5.05. The molecule has 0 radical (unpaired) electrons. The molecule has 1 aromatic carbocycles. The van der Waals surface area contributed by atoms with Crippen molar-refractivity contribution < 1.29 is 9.84 Å². The lowest BCUT2D eigenvalue weighted by molar-refractivity contribution is 0.318. The van der Waals surface area contributed by atoms with Crippen LogP contribution in [0.5, 0.6) is 11.5 Å². The number of H-pyrrole nitrogens is 1. The first-order chi connectivity index (χ1) is 10.0. The van der Waals surface area contributed by atoms with E-state index in [9.17, 15) is 5.11 Å². The average molecular weight is 306 g/mol. The Kier molecular flexibility index (Phi) is 4.74. The number of rotatable bonds is 5. The van der Waals surface area contributed by atoms with Gasteiger partial charge in [0, 0.05) is 5.92 Å². The molecule has 0 aliphatic rings. The van der Waals surface area contributed by atoms with Crippen molar-refractivity contribution in [2.24, 2.45) is 5.10 Å². The molecule has 0 atom stereocenters. The van der Waals surface area contributed by atoms with Gasteiger partial charge in [0.1, 0.15) is 0 Å². The minimum absolute atomic E-state index is 0.108. The molecule has 2 rings (SSSR count). The lowest BCUT2D eigenvalue weighted by atomic mass is 10.2. The van der Waals surface area contributed by atoms with E-state index >= 15 is 0 Å². The van der Waals surface area contributed by atoms with Gasteiger partial charge in [-0.2, -0.15) is 14.9 Å². The predicted octanol–water partition coefficient (Wildman–Crippen LogP) is 3.05. The van der Waals surface area contributed by atoms with E-state index in [2.05, 4.69) is 15.3 Å². The Bertz CT molecular complexity index is 703. The van der Waals surface area contributed by atoms with Crippen LogP contribution in [0.15, 0.2) is 23.3 Å². The van der Waals surface area contributed by atoms with Crippen LogP contribution in [0.2, 0.25) is 0 Å². The van der Waals surface area contributed by atoms with E-state index in [0.29, 0.717) is 17.1 Å². The minimum Gasteiger partial charge on any atom is -0.504 e.